The zero-order valence-corrected chi connectivity index (χ0v) is 20.6. The van der Waals surface area contributed by atoms with Crippen LogP contribution in [-0.4, -0.2) is 52.0 Å². The molecule has 0 bridgehead atoms. The number of aliphatic hydroxyl groups excluding tert-OH is 1. The van der Waals surface area contributed by atoms with Gasteiger partial charge in [-0.1, -0.05) is 48.9 Å². The van der Waals surface area contributed by atoms with E-state index >= 15 is 0 Å². The molecule has 166 valence electrons. The average Bonchev–Trinajstić information content (AvgIpc) is 2.68. The predicted molar refractivity (Wildman–Crippen MR) is 120 cm³/mol. The minimum absolute atomic E-state index is 0.0722. The van der Waals surface area contributed by atoms with E-state index in [9.17, 15) is 13.5 Å². The summed E-state index contributed by atoms with van der Waals surface area (Å²) < 4.78 is 38.8. The van der Waals surface area contributed by atoms with Crippen LogP contribution in [0.2, 0.25) is 35.7 Å². The van der Waals surface area contributed by atoms with Gasteiger partial charge in [-0.15, -0.1) is 0 Å². The lowest BCUT2D eigenvalue weighted by Crippen LogP contribution is -2.35. The molecule has 8 nitrogen and oxygen atoms in total. The highest BCUT2D eigenvalue weighted by Crippen LogP contribution is 2.34. The number of benzene rings is 1. The second-order valence-electron chi connectivity index (χ2n) is 7.61. The van der Waals surface area contributed by atoms with Gasteiger partial charge in [0.2, 0.25) is 5.82 Å². The van der Waals surface area contributed by atoms with E-state index in [2.05, 4.69) is 29.6 Å². The molecule has 1 aromatic carbocycles. The van der Waals surface area contributed by atoms with Crippen molar-refractivity contribution in [2.75, 3.05) is 24.8 Å². The molecule has 0 amide bonds. The molecular formula is C18H25Cl2N3O5SSi. The van der Waals surface area contributed by atoms with Gasteiger partial charge in [0.1, 0.15) is 11.6 Å². The van der Waals surface area contributed by atoms with E-state index < -0.39 is 18.1 Å². The molecule has 0 unspecified atom stereocenters. The summed E-state index contributed by atoms with van der Waals surface area (Å²) in [5.74, 6) is -0.157. The molecule has 0 radical (unpaired) electrons. The van der Waals surface area contributed by atoms with E-state index in [4.69, 9.17) is 32.7 Å². The molecule has 1 aromatic heterocycles. The number of nitrogens with zero attached hydrogens (tertiary/aromatic N) is 3. The third-order valence-corrected chi connectivity index (χ3v) is 8.44. The molecule has 1 N–H and O–H groups in total. The molecule has 30 heavy (non-hydrogen) atoms. The van der Waals surface area contributed by atoms with E-state index in [0.29, 0.717) is 6.61 Å². The summed E-state index contributed by atoms with van der Waals surface area (Å²) in [6.07, 6.45) is 1.27. The molecule has 0 spiro atoms. The van der Waals surface area contributed by atoms with E-state index in [1.165, 1.54) is 31.5 Å². The van der Waals surface area contributed by atoms with Crippen LogP contribution in [0.1, 0.15) is 5.69 Å². The van der Waals surface area contributed by atoms with E-state index in [-0.39, 0.29) is 45.7 Å². The summed E-state index contributed by atoms with van der Waals surface area (Å²) in [7, 11) is -4.26. The molecule has 0 saturated carbocycles. The number of aromatic nitrogens is 2. The molecule has 0 atom stereocenters. The Hall–Kier alpha value is -1.43. The van der Waals surface area contributed by atoms with Crippen molar-refractivity contribution in [1.29, 1.82) is 0 Å². The average molecular weight is 494 g/mol. The van der Waals surface area contributed by atoms with Crippen molar-refractivity contribution in [1.82, 2.24) is 9.97 Å². The second-order valence-corrected chi connectivity index (χ2v) is 15.8. The summed E-state index contributed by atoms with van der Waals surface area (Å²) >= 11 is 12.2. The second kappa shape index (κ2) is 10.3. The fraction of sp³-hybridized carbons (Fsp3) is 0.444. The van der Waals surface area contributed by atoms with Crippen molar-refractivity contribution in [3.63, 3.8) is 0 Å². The van der Waals surface area contributed by atoms with Gasteiger partial charge in [-0.3, -0.25) is 0 Å². The highest BCUT2D eigenvalue weighted by Gasteiger charge is 2.32. The zero-order valence-electron chi connectivity index (χ0n) is 17.2. The Morgan fingerprint density at radius 1 is 1.23 bits per heavy atom. The normalized spacial score (nSPS) is 12.1. The Morgan fingerprint density at radius 3 is 2.53 bits per heavy atom. The van der Waals surface area contributed by atoms with Crippen molar-refractivity contribution in [2.24, 2.45) is 0 Å². The summed E-state index contributed by atoms with van der Waals surface area (Å²) in [6.45, 7) is 6.27. The highest BCUT2D eigenvalue weighted by atomic mass is 35.5. The lowest BCUT2D eigenvalue weighted by molar-refractivity contribution is 0.155. The fourth-order valence-electron chi connectivity index (χ4n) is 2.36. The third kappa shape index (κ3) is 6.05. The van der Waals surface area contributed by atoms with Crippen molar-refractivity contribution in [3.05, 3.63) is 40.1 Å². The Labute approximate surface area is 187 Å². The zero-order chi connectivity index (χ0) is 22.5. The van der Waals surface area contributed by atoms with Gasteiger partial charge in [0.05, 0.1) is 35.7 Å². The van der Waals surface area contributed by atoms with E-state index in [1.54, 1.807) is 0 Å². The maximum absolute atomic E-state index is 13.5. The van der Waals surface area contributed by atoms with Crippen LogP contribution in [-0.2, 0) is 21.4 Å². The largest absolute Gasteiger partial charge is 0.478 e. The van der Waals surface area contributed by atoms with Crippen molar-refractivity contribution in [2.45, 2.75) is 37.2 Å². The standard InChI is InChI=1S/C18H25Cl2N3O5SSi/c1-27-18-17(21-10-13(11-24)22-18)23(12-28-8-9-30(2,3)4)29(25,26)15-7-5-6-14(19)16(15)20/h5-7,10,24H,8-9,11-12H2,1-4H3. The van der Waals surface area contributed by atoms with Gasteiger partial charge in [-0.05, 0) is 18.2 Å². The van der Waals surface area contributed by atoms with Crippen LogP contribution in [0.25, 0.3) is 0 Å². The Balaban J connectivity index is 2.50. The van der Waals surface area contributed by atoms with E-state index in [0.717, 1.165) is 10.3 Å². The number of hydrogen-bond acceptors (Lipinski definition) is 7. The van der Waals surface area contributed by atoms with Crippen molar-refractivity contribution >= 4 is 47.1 Å². The minimum Gasteiger partial charge on any atom is -0.478 e. The SMILES string of the molecule is COc1nc(CO)cnc1N(COCC[Si](C)(C)C)S(=O)(=O)c1cccc(Cl)c1Cl. The predicted octanol–water partition coefficient (Wildman–Crippen LogP) is 3.79. The van der Waals surface area contributed by atoms with Crippen LogP contribution in [0.3, 0.4) is 0 Å². The Bertz CT molecular complexity index is 986. The summed E-state index contributed by atoms with van der Waals surface area (Å²) in [4.78, 5) is 8.05. The molecule has 0 saturated heterocycles. The lowest BCUT2D eigenvalue weighted by Gasteiger charge is -2.25. The van der Waals surface area contributed by atoms with Crippen LogP contribution in [0.4, 0.5) is 5.82 Å². The Morgan fingerprint density at radius 2 is 1.93 bits per heavy atom. The topological polar surface area (TPSA) is 102 Å². The molecule has 1 heterocycles. The van der Waals surface area contributed by atoms with Crippen LogP contribution in [0, 0.1) is 0 Å². The van der Waals surface area contributed by atoms with Gasteiger partial charge in [0, 0.05) is 14.7 Å². The van der Waals surface area contributed by atoms with Crippen LogP contribution in [0.5, 0.6) is 5.88 Å². The number of ether oxygens (including phenoxy) is 2. The van der Waals surface area contributed by atoms with Crippen molar-refractivity contribution < 1.29 is 23.0 Å². The molecule has 0 fully saturated rings. The molecular weight excluding hydrogens is 469 g/mol. The van der Waals surface area contributed by atoms with Gasteiger partial charge in [-0.25, -0.2) is 22.7 Å². The molecule has 0 aliphatic carbocycles. The van der Waals surface area contributed by atoms with Crippen LogP contribution in [0.15, 0.2) is 29.3 Å². The van der Waals surface area contributed by atoms with Gasteiger partial charge in [0.15, 0.2) is 0 Å². The van der Waals surface area contributed by atoms with Gasteiger partial charge in [0.25, 0.3) is 15.9 Å². The summed E-state index contributed by atoms with van der Waals surface area (Å²) in [6, 6.07) is 5.18. The van der Waals surface area contributed by atoms with Gasteiger partial charge >= 0.3 is 0 Å². The number of halogens is 2. The van der Waals surface area contributed by atoms with Crippen LogP contribution < -0.4 is 9.04 Å². The smallest absolute Gasteiger partial charge is 0.269 e. The maximum atomic E-state index is 13.5. The summed E-state index contributed by atoms with van der Waals surface area (Å²) in [5, 5.41) is 9.30. The van der Waals surface area contributed by atoms with Gasteiger partial charge in [-0.2, -0.15) is 0 Å². The monoisotopic (exact) mass is 493 g/mol. The number of aliphatic hydroxyl groups is 1. The summed E-state index contributed by atoms with van der Waals surface area (Å²) in [5.41, 5.74) is 0.230. The molecule has 12 heteroatoms. The van der Waals surface area contributed by atoms with E-state index in [1.807, 2.05) is 0 Å². The molecule has 0 aliphatic rings. The first-order valence-corrected chi connectivity index (χ1v) is 15.0. The molecule has 0 aliphatic heterocycles. The van der Waals surface area contributed by atoms with Gasteiger partial charge < -0.3 is 14.6 Å². The first kappa shape index (κ1) is 24.8. The fourth-order valence-corrected chi connectivity index (χ4v) is 5.15. The maximum Gasteiger partial charge on any atom is 0.269 e. The Kier molecular flexibility index (Phi) is 8.49. The number of methoxy groups -OCH3 is 1. The highest BCUT2D eigenvalue weighted by molar-refractivity contribution is 7.93. The third-order valence-electron chi connectivity index (χ3n) is 4.05. The van der Waals surface area contributed by atoms with Crippen LogP contribution >= 0.6 is 23.2 Å². The first-order chi connectivity index (χ1) is 14.0. The number of sulfonamides is 1. The lowest BCUT2D eigenvalue weighted by atomic mass is 10.4. The quantitative estimate of drug-likeness (QED) is 0.305. The number of rotatable bonds is 10. The molecule has 2 aromatic rings. The number of hydrogen-bond donors (Lipinski definition) is 1. The minimum atomic E-state index is -4.22. The van der Waals surface area contributed by atoms with Crippen molar-refractivity contribution in [3.8, 4) is 5.88 Å². The number of anilines is 1. The molecule has 2 rings (SSSR count). The first-order valence-electron chi connectivity index (χ1n) is 9.06.